The Labute approximate surface area is 106 Å². The first-order valence-electron chi connectivity index (χ1n) is 4.35. The van der Waals surface area contributed by atoms with E-state index in [0.29, 0.717) is 22.3 Å². The van der Waals surface area contributed by atoms with E-state index in [2.05, 4.69) is 25.9 Å². The van der Waals surface area contributed by atoms with Crippen LogP contribution in [0.4, 0.5) is 5.69 Å². The summed E-state index contributed by atoms with van der Waals surface area (Å²) in [5, 5.41) is 0.620. The fraction of sp³-hybridized carbons (Fsp3) is 0. The molecular formula is C10H7BrClN3O. The Morgan fingerprint density at radius 1 is 1.38 bits per heavy atom. The normalized spacial score (nSPS) is 10.1. The van der Waals surface area contributed by atoms with Crippen LogP contribution in [0.25, 0.3) is 0 Å². The molecule has 4 nitrogen and oxygen atoms in total. The number of benzene rings is 1. The number of nitrogens with zero attached hydrogens (tertiary/aromatic N) is 2. The van der Waals surface area contributed by atoms with Crippen molar-refractivity contribution in [2.75, 3.05) is 5.73 Å². The molecule has 0 aliphatic rings. The summed E-state index contributed by atoms with van der Waals surface area (Å²) in [6.07, 6.45) is 2.85. The van der Waals surface area contributed by atoms with Crippen LogP contribution in [0.1, 0.15) is 0 Å². The maximum absolute atomic E-state index is 5.82. The van der Waals surface area contributed by atoms with Crippen molar-refractivity contribution in [1.29, 1.82) is 0 Å². The number of rotatable bonds is 2. The van der Waals surface area contributed by atoms with E-state index in [9.17, 15) is 0 Å². The van der Waals surface area contributed by atoms with Gasteiger partial charge in [-0.3, -0.25) is 0 Å². The first-order chi connectivity index (χ1) is 7.66. The van der Waals surface area contributed by atoms with E-state index >= 15 is 0 Å². The molecule has 0 radical (unpaired) electrons. The average molecular weight is 301 g/mol. The molecule has 16 heavy (non-hydrogen) atoms. The van der Waals surface area contributed by atoms with Crippen molar-refractivity contribution in [2.24, 2.45) is 0 Å². The zero-order valence-electron chi connectivity index (χ0n) is 8.02. The lowest BCUT2D eigenvalue weighted by Crippen LogP contribution is -1.96. The molecule has 82 valence electrons. The third-order valence-corrected chi connectivity index (χ3v) is 2.66. The standard InChI is InChI=1S/C10H7BrClN3O/c11-7-3-6(12)1-2-9(7)16-10-8(13)4-14-5-15-10/h1-5H,13H2. The summed E-state index contributed by atoms with van der Waals surface area (Å²) < 4.78 is 6.25. The molecule has 0 saturated carbocycles. The zero-order chi connectivity index (χ0) is 11.5. The van der Waals surface area contributed by atoms with Gasteiger partial charge in [-0.1, -0.05) is 11.6 Å². The Kier molecular flexibility index (Phi) is 3.26. The highest BCUT2D eigenvalue weighted by Gasteiger charge is 2.06. The van der Waals surface area contributed by atoms with Gasteiger partial charge in [0.2, 0.25) is 5.88 Å². The first-order valence-corrected chi connectivity index (χ1v) is 5.52. The Morgan fingerprint density at radius 3 is 2.88 bits per heavy atom. The molecule has 0 aliphatic carbocycles. The van der Waals surface area contributed by atoms with Crippen LogP contribution >= 0.6 is 27.5 Å². The minimum Gasteiger partial charge on any atom is -0.436 e. The van der Waals surface area contributed by atoms with Crippen LogP contribution in [0, 0.1) is 0 Å². The maximum atomic E-state index is 5.82. The van der Waals surface area contributed by atoms with Gasteiger partial charge in [-0.25, -0.2) is 4.98 Å². The molecule has 0 fully saturated rings. The van der Waals surface area contributed by atoms with Crippen LogP contribution in [0.2, 0.25) is 5.02 Å². The number of hydrogen-bond acceptors (Lipinski definition) is 4. The van der Waals surface area contributed by atoms with Crippen LogP contribution in [0.3, 0.4) is 0 Å². The number of nitrogen functional groups attached to an aromatic ring is 1. The lowest BCUT2D eigenvalue weighted by atomic mass is 10.3. The fourth-order valence-electron chi connectivity index (χ4n) is 1.08. The largest absolute Gasteiger partial charge is 0.436 e. The molecule has 0 aliphatic heterocycles. The zero-order valence-corrected chi connectivity index (χ0v) is 10.4. The predicted octanol–water partition coefficient (Wildman–Crippen LogP) is 3.27. The van der Waals surface area contributed by atoms with Gasteiger partial charge < -0.3 is 10.5 Å². The molecular weight excluding hydrogens is 293 g/mol. The highest BCUT2D eigenvalue weighted by molar-refractivity contribution is 9.10. The highest BCUT2D eigenvalue weighted by Crippen LogP contribution is 2.32. The molecule has 1 aromatic heterocycles. The number of aromatic nitrogens is 2. The number of ether oxygens (including phenoxy) is 1. The van der Waals surface area contributed by atoms with E-state index in [1.54, 1.807) is 18.2 Å². The summed E-state index contributed by atoms with van der Waals surface area (Å²) in [7, 11) is 0. The third-order valence-electron chi connectivity index (χ3n) is 1.80. The minimum absolute atomic E-state index is 0.318. The minimum atomic E-state index is 0.318. The smallest absolute Gasteiger partial charge is 0.245 e. The predicted molar refractivity (Wildman–Crippen MR) is 65.7 cm³/mol. The van der Waals surface area contributed by atoms with Crippen LogP contribution in [-0.2, 0) is 0 Å². The van der Waals surface area contributed by atoms with E-state index in [4.69, 9.17) is 22.1 Å². The molecule has 0 unspecified atom stereocenters. The van der Waals surface area contributed by atoms with Crippen molar-refractivity contribution in [3.63, 3.8) is 0 Å². The van der Waals surface area contributed by atoms with Gasteiger partial charge in [-0.2, -0.15) is 4.98 Å². The summed E-state index contributed by atoms with van der Waals surface area (Å²) in [5.41, 5.74) is 6.04. The van der Waals surface area contributed by atoms with Crippen molar-refractivity contribution < 1.29 is 4.74 Å². The fourth-order valence-corrected chi connectivity index (χ4v) is 1.84. The maximum Gasteiger partial charge on any atom is 0.245 e. The lowest BCUT2D eigenvalue weighted by molar-refractivity contribution is 0.461. The van der Waals surface area contributed by atoms with Gasteiger partial charge in [0.15, 0.2) is 0 Å². The van der Waals surface area contributed by atoms with Crippen molar-refractivity contribution in [1.82, 2.24) is 9.97 Å². The number of halogens is 2. The molecule has 0 amide bonds. The van der Waals surface area contributed by atoms with Crippen molar-refractivity contribution in [3.8, 4) is 11.6 Å². The van der Waals surface area contributed by atoms with Crippen molar-refractivity contribution >= 4 is 33.2 Å². The Bertz CT molecular complexity index is 521. The molecule has 6 heteroatoms. The van der Waals surface area contributed by atoms with Gasteiger partial charge in [0.25, 0.3) is 0 Å². The van der Waals surface area contributed by atoms with Gasteiger partial charge in [0.1, 0.15) is 17.8 Å². The van der Waals surface area contributed by atoms with Crippen molar-refractivity contribution in [2.45, 2.75) is 0 Å². The number of nitrogens with two attached hydrogens (primary N) is 1. The Hall–Kier alpha value is -1.33. The molecule has 2 N–H and O–H groups in total. The molecule has 1 heterocycles. The molecule has 2 aromatic rings. The van der Waals surface area contributed by atoms with E-state index in [1.807, 2.05) is 0 Å². The second-order valence-electron chi connectivity index (χ2n) is 2.96. The van der Waals surface area contributed by atoms with Crippen LogP contribution in [0.15, 0.2) is 35.2 Å². The number of hydrogen-bond donors (Lipinski definition) is 1. The summed E-state index contributed by atoms with van der Waals surface area (Å²) >= 11 is 9.15. The lowest BCUT2D eigenvalue weighted by Gasteiger charge is -2.08. The molecule has 1 aromatic carbocycles. The van der Waals surface area contributed by atoms with Gasteiger partial charge in [-0.15, -0.1) is 0 Å². The molecule has 2 rings (SSSR count). The third kappa shape index (κ3) is 2.43. The summed E-state index contributed by atoms with van der Waals surface area (Å²) in [6, 6.07) is 5.18. The quantitative estimate of drug-likeness (QED) is 0.924. The molecule has 0 spiro atoms. The first kappa shape index (κ1) is 11.2. The van der Waals surface area contributed by atoms with E-state index in [-0.39, 0.29) is 0 Å². The van der Waals surface area contributed by atoms with Crippen LogP contribution in [-0.4, -0.2) is 9.97 Å². The monoisotopic (exact) mass is 299 g/mol. The molecule has 0 saturated heterocycles. The molecule has 0 bridgehead atoms. The summed E-state index contributed by atoms with van der Waals surface area (Å²) in [5.74, 6) is 0.910. The Balaban J connectivity index is 2.31. The second kappa shape index (κ2) is 4.67. The summed E-state index contributed by atoms with van der Waals surface area (Å²) in [6.45, 7) is 0. The van der Waals surface area contributed by atoms with Gasteiger partial charge in [-0.05, 0) is 34.1 Å². The number of anilines is 1. The van der Waals surface area contributed by atoms with E-state index in [0.717, 1.165) is 4.47 Å². The summed E-state index contributed by atoms with van der Waals surface area (Å²) in [4.78, 5) is 7.70. The van der Waals surface area contributed by atoms with Crippen LogP contribution in [0.5, 0.6) is 11.6 Å². The highest BCUT2D eigenvalue weighted by atomic mass is 79.9. The van der Waals surface area contributed by atoms with Crippen molar-refractivity contribution in [3.05, 3.63) is 40.2 Å². The van der Waals surface area contributed by atoms with Crippen LogP contribution < -0.4 is 10.5 Å². The van der Waals surface area contributed by atoms with Gasteiger partial charge in [0, 0.05) is 5.02 Å². The topological polar surface area (TPSA) is 61.0 Å². The average Bonchev–Trinajstić information content (AvgIpc) is 2.25. The van der Waals surface area contributed by atoms with Gasteiger partial charge >= 0.3 is 0 Å². The van der Waals surface area contributed by atoms with Gasteiger partial charge in [0.05, 0.1) is 10.7 Å². The molecule has 0 atom stereocenters. The van der Waals surface area contributed by atoms with E-state index in [1.165, 1.54) is 12.5 Å². The van der Waals surface area contributed by atoms with E-state index < -0.39 is 0 Å². The Morgan fingerprint density at radius 2 is 2.19 bits per heavy atom. The second-order valence-corrected chi connectivity index (χ2v) is 4.25. The SMILES string of the molecule is Nc1cncnc1Oc1ccc(Cl)cc1Br.